The number of hydrogen-bond acceptors (Lipinski definition) is 4. The predicted octanol–water partition coefficient (Wildman–Crippen LogP) is 2.19. The van der Waals surface area contributed by atoms with E-state index in [9.17, 15) is 14.7 Å². The molecule has 5 N–H and O–H groups in total. The summed E-state index contributed by atoms with van der Waals surface area (Å²) < 4.78 is 0. The highest BCUT2D eigenvalue weighted by Gasteiger charge is 2.19. The summed E-state index contributed by atoms with van der Waals surface area (Å²) >= 11 is 6.02. The lowest BCUT2D eigenvalue weighted by Gasteiger charge is -2.19. The smallest absolute Gasteiger partial charge is 0.337 e. The van der Waals surface area contributed by atoms with Gasteiger partial charge in [0, 0.05) is 12.2 Å². The number of nitrogens with two attached hydrogens (primary N) is 1. The Balaban J connectivity index is 2.92. The monoisotopic (exact) mass is 313 g/mol. The molecule has 1 unspecified atom stereocenters. The first-order valence-electron chi connectivity index (χ1n) is 6.59. The third-order valence-corrected chi connectivity index (χ3v) is 3.08. The third-order valence-electron chi connectivity index (χ3n) is 2.78. The average Bonchev–Trinajstić information content (AvgIpc) is 2.38. The van der Waals surface area contributed by atoms with Crippen LogP contribution in [0, 0.1) is 5.92 Å². The number of nitrogens with one attached hydrogen (secondary N) is 2. The van der Waals surface area contributed by atoms with Gasteiger partial charge in [0.1, 0.15) is 6.04 Å². The summed E-state index contributed by atoms with van der Waals surface area (Å²) in [6, 6.07) is 2.12. The van der Waals surface area contributed by atoms with Crippen molar-refractivity contribution in [2.45, 2.75) is 26.8 Å². The van der Waals surface area contributed by atoms with E-state index in [2.05, 4.69) is 10.6 Å². The minimum absolute atomic E-state index is 0.0662. The molecule has 0 bridgehead atoms. The highest BCUT2D eigenvalue weighted by atomic mass is 35.5. The number of carbonyl (C=O) groups excluding carboxylic acids is 1. The minimum atomic E-state index is -1.17. The quantitative estimate of drug-likeness (QED) is 0.603. The van der Waals surface area contributed by atoms with E-state index in [1.807, 2.05) is 13.8 Å². The lowest BCUT2D eigenvalue weighted by Crippen LogP contribution is -2.39. The van der Waals surface area contributed by atoms with E-state index in [1.54, 1.807) is 6.92 Å². The van der Waals surface area contributed by atoms with Crippen molar-refractivity contribution in [1.29, 1.82) is 0 Å². The van der Waals surface area contributed by atoms with Gasteiger partial charge in [-0.2, -0.15) is 0 Å². The molecule has 0 heterocycles. The van der Waals surface area contributed by atoms with Crippen LogP contribution in [-0.2, 0) is 4.79 Å². The van der Waals surface area contributed by atoms with Crippen molar-refractivity contribution in [3.8, 4) is 0 Å². The summed E-state index contributed by atoms with van der Waals surface area (Å²) in [6.07, 6.45) is 0. The Morgan fingerprint density at radius 2 is 1.95 bits per heavy atom. The van der Waals surface area contributed by atoms with E-state index < -0.39 is 12.0 Å². The molecule has 1 aromatic carbocycles. The lowest BCUT2D eigenvalue weighted by atomic mass is 10.1. The lowest BCUT2D eigenvalue weighted by molar-refractivity contribution is -0.121. The first-order chi connectivity index (χ1) is 9.72. The van der Waals surface area contributed by atoms with Gasteiger partial charge in [-0.1, -0.05) is 25.4 Å². The van der Waals surface area contributed by atoms with Crippen molar-refractivity contribution in [3.63, 3.8) is 0 Å². The van der Waals surface area contributed by atoms with Gasteiger partial charge in [-0.25, -0.2) is 4.79 Å². The van der Waals surface area contributed by atoms with Crippen LogP contribution in [0.5, 0.6) is 0 Å². The summed E-state index contributed by atoms with van der Waals surface area (Å²) in [5.41, 5.74) is 5.95. The number of hydrogen-bond donors (Lipinski definition) is 4. The van der Waals surface area contributed by atoms with Gasteiger partial charge in [-0.3, -0.25) is 4.79 Å². The molecular weight excluding hydrogens is 294 g/mol. The zero-order chi connectivity index (χ0) is 16.2. The number of carboxylic acids is 1. The second kappa shape index (κ2) is 7.17. The molecular formula is C14H20ClN3O3. The zero-order valence-electron chi connectivity index (χ0n) is 12.2. The van der Waals surface area contributed by atoms with Gasteiger partial charge in [0.25, 0.3) is 0 Å². The summed E-state index contributed by atoms with van der Waals surface area (Å²) in [7, 11) is 0. The third kappa shape index (κ3) is 4.82. The number of benzene rings is 1. The molecule has 1 atom stereocenters. The number of halogens is 1. The van der Waals surface area contributed by atoms with Crippen molar-refractivity contribution >= 4 is 34.9 Å². The van der Waals surface area contributed by atoms with E-state index in [1.165, 1.54) is 12.1 Å². The molecule has 1 amide bonds. The Morgan fingerprint density at radius 1 is 1.33 bits per heavy atom. The molecule has 0 aromatic heterocycles. The van der Waals surface area contributed by atoms with Crippen LogP contribution < -0.4 is 16.4 Å². The Labute approximate surface area is 128 Å². The number of nitrogen functional groups attached to an aromatic ring is 1. The van der Waals surface area contributed by atoms with Crippen LogP contribution in [0.25, 0.3) is 0 Å². The molecule has 116 valence electrons. The molecule has 0 saturated heterocycles. The van der Waals surface area contributed by atoms with Gasteiger partial charge in [0.15, 0.2) is 0 Å². The molecule has 0 aliphatic carbocycles. The Morgan fingerprint density at radius 3 is 2.48 bits per heavy atom. The Hall–Kier alpha value is -1.95. The number of carbonyl (C=O) groups is 2. The fourth-order valence-corrected chi connectivity index (χ4v) is 1.97. The Bertz CT molecular complexity index is 547. The molecule has 7 heteroatoms. The summed E-state index contributed by atoms with van der Waals surface area (Å²) in [5.74, 6) is -1.06. The predicted molar refractivity (Wildman–Crippen MR) is 83.8 cm³/mol. The van der Waals surface area contributed by atoms with E-state index in [4.69, 9.17) is 17.3 Å². The molecule has 6 nitrogen and oxygen atoms in total. The van der Waals surface area contributed by atoms with E-state index >= 15 is 0 Å². The molecule has 1 aromatic rings. The Kier molecular flexibility index (Phi) is 5.84. The van der Waals surface area contributed by atoms with Crippen molar-refractivity contribution in [2.24, 2.45) is 5.92 Å². The standard InChI is InChI=1S/C14H20ClN3O3/c1-7(2)6-17-13(19)8(3)18-12-10(14(20)21)4-9(16)5-11(12)15/h4-5,7-8,18H,6,16H2,1-3H3,(H,17,19)(H,20,21). The van der Waals surface area contributed by atoms with Crippen LogP contribution in [-0.4, -0.2) is 29.6 Å². The van der Waals surface area contributed by atoms with Crippen molar-refractivity contribution in [1.82, 2.24) is 5.32 Å². The van der Waals surface area contributed by atoms with Crippen molar-refractivity contribution in [2.75, 3.05) is 17.6 Å². The number of rotatable bonds is 6. The largest absolute Gasteiger partial charge is 0.478 e. The van der Waals surface area contributed by atoms with Crippen molar-refractivity contribution < 1.29 is 14.7 Å². The summed E-state index contributed by atoms with van der Waals surface area (Å²) in [6.45, 7) is 6.15. The molecule has 0 aliphatic rings. The molecule has 0 radical (unpaired) electrons. The highest BCUT2D eigenvalue weighted by Crippen LogP contribution is 2.29. The average molecular weight is 314 g/mol. The normalized spacial score (nSPS) is 12.0. The molecule has 1 rings (SSSR count). The van der Waals surface area contributed by atoms with Gasteiger partial charge in [-0.15, -0.1) is 0 Å². The molecule has 0 fully saturated rings. The second-order valence-electron chi connectivity index (χ2n) is 5.24. The van der Waals surface area contributed by atoms with Crippen LogP contribution in [0.2, 0.25) is 5.02 Å². The van der Waals surface area contributed by atoms with Gasteiger partial charge < -0.3 is 21.5 Å². The topological polar surface area (TPSA) is 104 Å². The number of carboxylic acid groups (broad SMARTS) is 1. The summed E-state index contributed by atoms with van der Waals surface area (Å²) in [4.78, 5) is 23.2. The van der Waals surface area contributed by atoms with Gasteiger partial charge in [0.05, 0.1) is 16.3 Å². The van der Waals surface area contributed by atoms with E-state index in [-0.39, 0.29) is 27.9 Å². The van der Waals surface area contributed by atoms with E-state index in [0.29, 0.717) is 12.5 Å². The fourth-order valence-electron chi connectivity index (χ4n) is 1.68. The number of aromatic carboxylic acids is 1. The first kappa shape index (κ1) is 17.1. The highest BCUT2D eigenvalue weighted by molar-refractivity contribution is 6.34. The van der Waals surface area contributed by atoms with E-state index in [0.717, 1.165) is 0 Å². The van der Waals surface area contributed by atoms with Crippen molar-refractivity contribution in [3.05, 3.63) is 22.7 Å². The maximum Gasteiger partial charge on any atom is 0.337 e. The molecule has 0 saturated carbocycles. The van der Waals surface area contributed by atoms with Crippen LogP contribution in [0.4, 0.5) is 11.4 Å². The molecule has 0 spiro atoms. The molecule has 21 heavy (non-hydrogen) atoms. The van der Waals surface area contributed by atoms with Gasteiger partial charge in [-0.05, 0) is 25.0 Å². The maximum absolute atomic E-state index is 11.9. The summed E-state index contributed by atoms with van der Waals surface area (Å²) in [5, 5.41) is 14.9. The number of anilines is 2. The number of amides is 1. The van der Waals surface area contributed by atoms with Crippen LogP contribution in [0.1, 0.15) is 31.1 Å². The first-order valence-corrected chi connectivity index (χ1v) is 6.96. The second-order valence-corrected chi connectivity index (χ2v) is 5.64. The van der Waals surface area contributed by atoms with Crippen LogP contribution in [0.15, 0.2) is 12.1 Å². The maximum atomic E-state index is 11.9. The SMILES string of the molecule is CC(C)CNC(=O)C(C)Nc1c(Cl)cc(N)cc1C(=O)O. The minimum Gasteiger partial charge on any atom is -0.478 e. The zero-order valence-corrected chi connectivity index (χ0v) is 13.0. The van der Waals surface area contributed by atoms with Gasteiger partial charge in [0.2, 0.25) is 5.91 Å². The van der Waals surface area contributed by atoms with Gasteiger partial charge >= 0.3 is 5.97 Å². The molecule has 0 aliphatic heterocycles. The van der Waals surface area contributed by atoms with Crippen LogP contribution in [0.3, 0.4) is 0 Å². The fraction of sp³-hybridized carbons (Fsp3) is 0.429. The van der Waals surface area contributed by atoms with Crippen LogP contribution >= 0.6 is 11.6 Å².